The largest absolute Gasteiger partial charge is 0.497 e. The minimum atomic E-state index is -0.386. The molecule has 0 atom stereocenters. The molecule has 2 N–H and O–H groups in total. The molecule has 0 saturated carbocycles. The molecule has 0 fully saturated rings. The summed E-state index contributed by atoms with van der Waals surface area (Å²) < 4.78 is 10.5. The van der Waals surface area contributed by atoms with Crippen molar-refractivity contribution >= 4 is 34.4 Å². The molecule has 0 radical (unpaired) electrons. The van der Waals surface area contributed by atoms with Gasteiger partial charge < -0.3 is 20.1 Å². The highest BCUT2D eigenvalue weighted by molar-refractivity contribution is 7.80. The molecule has 0 aliphatic carbocycles. The van der Waals surface area contributed by atoms with Crippen LogP contribution in [0.1, 0.15) is 0 Å². The number of para-hydroxylation sites is 1. The highest BCUT2D eigenvalue weighted by Gasteiger charge is 2.14. The number of hydrogen-bond acceptors (Lipinski definition) is 5. The van der Waals surface area contributed by atoms with Crippen molar-refractivity contribution in [2.75, 3.05) is 24.9 Å². The van der Waals surface area contributed by atoms with Crippen LogP contribution in [0, 0.1) is 10.1 Å². The van der Waals surface area contributed by atoms with Crippen molar-refractivity contribution in [2.24, 2.45) is 0 Å². The Morgan fingerprint density at radius 3 is 2.07 bits per heavy atom. The standard InChI is InChI=1S/C21H19N3O4S/c1-27-17-11-16(12-18(13-17)28-2)23-21(29)22-15-9-7-14(8-10-15)19-5-3-4-6-20(19)24(25)26/h3-13H,1-2H3,(H2,22,23,29). The van der Waals surface area contributed by atoms with Crippen LogP contribution in [-0.2, 0) is 0 Å². The lowest BCUT2D eigenvalue weighted by molar-refractivity contribution is -0.384. The number of anilines is 2. The zero-order valence-corrected chi connectivity index (χ0v) is 16.7. The monoisotopic (exact) mass is 409 g/mol. The maximum absolute atomic E-state index is 11.2. The topological polar surface area (TPSA) is 85.7 Å². The average molecular weight is 409 g/mol. The first-order chi connectivity index (χ1) is 14.0. The number of benzene rings is 3. The Labute approximate surface area is 173 Å². The summed E-state index contributed by atoms with van der Waals surface area (Å²) in [6.45, 7) is 0. The number of methoxy groups -OCH3 is 2. The highest BCUT2D eigenvalue weighted by atomic mass is 32.1. The molecule has 8 heteroatoms. The summed E-state index contributed by atoms with van der Waals surface area (Å²) in [6, 6.07) is 19.2. The van der Waals surface area contributed by atoms with Gasteiger partial charge in [-0.25, -0.2) is 0 Å². The summed E-state index contributed by atoms with van der Waals surface area (Å²) in [4.78, 5) is 10.8. The third-order valence-corrected chi connectivity index (χ3v) is 4.37. The van der Waals surface area contributed by atoms with E-state index in [1.807, 2.05) is 24.3 Å². The number of nitrogens with zero attached hydrogens (tertiary/aromatic N) is 1. The lowest BCUT2D eigenvalue weighted by atomic mass is 10.0. The smallest absolute Gasteiger partial charge is 0.277 e. The highest BCUT2D eigenvalue weighted by Crippen LogP contribution is 2.30. The third-order valence-electron chi connectivity index (χ3n) is 4.16. The van der Waals surface area contributed by atoms with E-state index in [2.05, 4.69) is 10.6 Å². The van der Waals surface area contributed by atoms with E-state index in [1.165, 1.54) is 6.07 Å². The van der Waals surface area contributed by atoms with Crippen LogP contribution in [0.25, 0.3) is 11.1 Å². The Kier molecular flexibility index (Phi) is 6.25. The molecule has 148 valence electrons. The predicted molar refractivity (Wildman–Crippen MR) is 118 cm³/mol. The Balaban J connectivity index is 1.72. The minimum Gasteiger partial charge on any atom is -0.497 e. The molecular formula is C21H19N3O4S. The van der Waals surface area contributed by atoms with Crippen molar-refractivity contribution in [3.63, 3.8) is 0 Å². The number of nitro groups is 1. The zero-order valence-electron chi connectivity index (χ0n) is 15.8. The van der Waals surface area contributed by atoms with E-state index in [0.717, 1.165) is 16.9 Å². The van der Waals surface area contributed by atoms with Crippen molar-refractivity contribution in [2.45, 2.75) is 0 Å². The Bertz CT molecular complexity index is 1020. The molecule has 0 aliphatic rings. The first-order valence-electron chi connectivity index (χ1n) is 8.65. The first kappa shape index (κ1) is 20.1. The van der Waals surface area contributed by atoms with Gasteiger partial charge >= 0.3 is 0 Å². The number of hydrogen-bond donors (Lipinski definition) is 2. The molecule has 3 aromatic carbocycles. The van der Waals surface area contributed by atoms with Crippen LogP contribution in [0.15, 0.2) is 66.7 Å². The van der Waals surface area contributed by atoms with Gasteiger partial charge in [0.25, 0.3) is 5.69 Å². The van der Waals surface area contributed by atoms with Crippen LogP contribution < -0.4 is 20.1 Å². The van der Waals surface area contributed by atoms with Crippen molar-refractivity contribution in [3.8, 4) is 22.6 Å². The molecule has 29 heavy (non-hydrogen) atoms. The summed E-state index contributed by atoms with van der Waals surface area (Å²) in [5.74, 6) is 1.28. The summed E-state index contributed by atoms with van der Waals surface area (Å²) in [7, 11) is 3.15. The van der Waals surface area contributed by atoms with Crippen LogP contribution in [0.3, 0.4) is 0 Å². The van der Waals surface area contributed by atoms with Gasteiger partial charge in [0.05, 0.1) is 24.7 Å². The van der Waals surface area contributed by atoms with E-state index in [9.17, 15) is 10.1 Å². The Morgan fingerprint density at radius 1 is 0.897 bits per heavy atom. The predicted octanol–water partition coefficient (Wildman–Crippen LogP) is 5.09. The molecule has 0 unspecified atom stereocenters. The third kappa shape index (κ3) is 4.99. The van der Waals surface area contributed by atoms with Gasteiger partial charge in [-0.15, -0.1) is 0 Å². The van der Waals surface area contributed by atoms with Crippen LogP contribution >= 0.6 is 12.2 Å². The van der Waals surface area contributed by atoms with Crippen molar-refractivity contribution in [1.82, 2.24) is 0 Å². The fourth-order valence-corrected chi connectivity index (χ4v) is 3.02. The van der Waals surface area contributed by atoms with Gasteiger partial charge in [0.15, 0.2) is 5.11 Å². The molecular weight excluding hydrogens is 390 g/mol. The Morgan fingerprint density at radius 2 is 1.48 bits per heavy atom. The van der Waals surface area contributed by atoms with Gasteiger partial charge in [-0.2, -0.15) is 0 Å². The second-order valence-electron chi connectivity index (χ2n) is 6.03. The van der Waals surface area contributed by atoms with Gasteiger partial charge in [-0.05, 0) is 36.0 Å². The van der Waals surface area contributed by atoms with Crippen molar-refractivity contribution < 1.29 is 14.4 Å². The summed E-state index contributed by atoms with van der Waals surface area (Å²) in [5, 5.41) is 17.8. The molecule has 0 heterocycles. The van der Waals surface area contributed by atoms with Gasteiger partial charge in [-0.1, -0.05) is 24.3 Å². The molecule has 3 rings (SSSR count). The lowest BCUT2D eigenvalue weighted by Gasteiger charge is -2.13. The fraction of sp³-hybridized carbons (Fsp3) is 0.0952. The first-order valence-corrected chi connectivity index (χ1v) is 9.06. The number of nitrogens with one attached hydrogen (secondary N) is 2. The molecule has 3 aromatic rings. The number of thiocarbonyl (C=S) groups is 1. The molecule has 0 aromatic heterocycles. The van der Waals surface area contributed by atoms with Crippen LogP contribution in [0.5, 0.6) is 11.5 Å². The molecule has 0 spiro atoms. The quantitative estimate of drug-likeness (QED) is 0.333. The van der Waals surface area contributed by atoms with E-state index in [1.54, 1.807) is 50.6 Å². The summed E-state index contributed by atoms with van der Waals surface area (Å²) >= 11 is 5.37. The zero-order chi connectivity index (χ0) is 20.8. The molecule has 0 bridgehead atoms. The van der Waals surface area contributed by atoms with Gasteiger partial charge in [0.1, 0.15) is 11.5 Å². The Hall–Kier alpha value is -3.65. The van der Waals surface area contributed by atoms with E-state index >= 15 is 0 Å². The summed E-state index contributed by atoms with van der Waals surface area (Å²) in [6.07, 6.45) is 0. The lowest BCUT2D eigenvalue weighted by Crippen LogP contribution is -2.19. The fourth-order valence-electron chi connectivity index (χ4n) is 2.78. The SMILES string of the molecule is COc1cc(NC(=S)Nc2ccc(-c3ccccc3[N+](=O)[O-])cc2)cc(OC)c1. The van der Waals surface area contributed by atoms with E-state index in [-0.39, 0.29) is 10.6 Å². The van der Waals surface area contributed by atoms with Crippen LogP contribution in [0.2, 0.25) is 0 Å². The summed E-state index contributed by atoms with van der Waals surface area (Å²) in [5.41, 5.74) is 2.85. The van der Waals surface area contributed by atoms with Crippen molar-refractivity contribution in [3.05, 3.63) is 76.8 Å². The van der Waals surface area contributed by atoms with Crippen molar-refractivity contribution in [1.29, 1.82) is 0 Å². The number of nitro benzene ring substituents is 1. The van der Waals surface area contributed by atoms with Gasteiger partial charge in [0.2, 0.25) is 0 Å². The molecule has 0 aliphatic heterocycles. The van der Waals surface area contributed by atoms with Gasteiger partial charge in [-0.3, -0.25) is 10.1 Å². The molecule has 0 saturated heterocycles. The second kappa shape index (κ2) is 9.03. The van der Waals surface area contributed by atoms with E-state index in [0.29, 0.717) is 22.2 Å². The minimum absolute atomic E-state index is 0.0670. The molecule has 0 amide bonds. The number of rotatable bonds is 6. The van der Waals surface area contributed by atoms with Crippen LogP contribution in [-0.4, -0.2) is 24.3 Å². The second-order valence-corrected chi connectivity index (χ2v) is 6.44. The van der Waals surface area contributed by atoms with Crippen LogP contribution in [0.4, 0.5) is 17.1 Å². The van der Waals surface area contributed by atoms with E-state index < -0.39 is 0 Å². The maximum Gasteiger partial charge on any atom is 0.277 e. The molecule has 7 nitrogen and oxygen atoms in total. The van der Waals surface area contributed by atoms with Gasteiger partial charge in [0, 0.05) is 35.6 Å². The normalized spacial score (nSPS) is 10.1. The maximum atomic E-state index is 11.2. The average Bonchev–Trinajstić information content (AvgIpc) is 2.73. The van der Waals surface area contributed by atoms with E-state index in [4.69, 9.17) is 21.7 Å². The number of ether oxygens (including phenoxy) is 2.